The fraction of sp³-hybridized carbons (Fsp3) is 0.722. The van der Waals surface area contributed by atoms with Gasteiger partial charge < -0.3 is 4.74 Å². The van der Waals surface area contributed by atoms with Gasteiger partial charge in [0.05, 0.1) is 5.69 Å². The molecule has 2 atom stereocenters. The summed E-state index contributed by atoms with van der Waals surface area (Å²) in [4.78, 5) is 33.0. The van der Waals surface area contributed by atoms with Gasteiger partial charge in [-0.05, 0) is 46.0 Å². The van der Waals surface area contributed by atoms with Crippen LogP contribution in [0.1, 0.15) is 65.5 Å². The third kappa shape index (κ3) is 4.71. The summed E-state index contributed by atoms with van der Waals surface area (Å²) in [5.74, 6) is 0.270. The zero-order valence-electron chi connectivity index (χ0n) is 16.0. The SMILES string of the molecule is CCC(C)c1csc(N(C)C(=O)C2CCCN2C(=O)OC(C)(C)C)n1. The predicted molar refractivity (Wildman–Crippen MR) is 100 cm³/mol. The molecule has 140 valence electrons. The van der Waals surface area contributed by atoms with Crippen LogP contribution in [-0.4, -0.2) is 47.1 Å². The van der Waals surface area contributed by atoms with E-state index in [1.165, 1.54) is 11.3 Å². The number of aromatic nitrogens is 1. The molecule has 2 rings (SSSR count). The summed E-state index contributed by atoms with van der Waals surface area (Å²) in [5.41, 5.74) is 0.442. The maximum absolute atomic E-state index is 12.9. The van der Waals surface area contributed by atoms with Crippen molar-refractivity contribution in [2.75, 3.05) is 18.5 Å². The standard InChI is InChI=1S/C18H29N3O3S/c1-7-12(2)13-11-25-16(19-13)20(6)15(22)14-9-8-10-21(14)17(23)24-18(3,4)5/h11-12,14H,7-10H2,1-6H3. The van der Waals surface area contributed by atoms with Crippen LogP contribution in [0.15, 0.2) is 5.38 Å². The van der Waals surface area contributed by atoms with Gasteiger partial charge >= 0.3 is 6.09 Å². The highest BCUT2D eigenvalue weighted by atomic mass is 32.1. The Balaban J connectivity index is 2.10. The smallest absolute Gasteiger partial charge is 0.410 e. The molecule has 25 heavy (non-hydrogen) atoms. The largest absolute Gasteiger partial charge is 0.444 e. The van der Waals surface area contributed by atoms with Crippen LogP contribution >= 0.6 is 11.3 Å². The van der Waals surface area contributed by atoms with Gasteiger partial charge in [0, 0.05) is 19.0 Å². The number of rotatable bonds is 4. The van der Waals surface area contributed by atoms with Gasteiger partial charge in [-0.15, -0.1) is 11.3 Å². The lowest BCUT2D eigenvalue weighted by atomic mass is 10.1. The highest BCUT2D eigenvalue weighted by molar-refractivity contribution is 7.14. The van der Waals surface area contributed by atoms with Gasteiger partial charge in [-0.25, -0.2) is 9.78 Å². The van der Waals surface area contributed by atoms with E-state index in [2.05, 4.69) is 18.8 Å². The minimum absolute atomic E-state index is 0.103. The third-order valence-corrected chi connectivity index (χ3v) is 5.35. The van der Waals surface area contributed by atoms with Gasteiger partial charge in [-0.1, -0.05) is 13.8 Å². The Morgan fingerprint density at radius 3 is 2.76 bits per heavy atom. The number of hydrogen-bond acceptors (Lipinski definition) is 5. The van der Waals surface area contributed by atoms with Crippen molar-refractivity contribution in [3.8, 4) is 0 Å². The van der Waals surface area contributed by atoms with E-state index in [4.69, 9.17) is 4.74 Å². The summed E-state index contributed by atoms with van der Waals surface area (Å²) < 4.78 is 5.44. The number of hydrogen-bond donors (Lipinski definition) is 0. The van der Waals surface area contributed by atoms with Crippen molar-refractivity contribution in [3.05, 3.63) is 11.1 Å². The molecule has 6 nitrogen and oxygen atoms in total. The monoisotopic (exact) mass is 367 g/mol. The lowest BCUT2D eigenvalue weighted by Gasteiger charge is -2.29. The first-order chi connectivity index (χ1) is 11.6. The van der Waals surface area contributed by atoms with E-state index in [9.17, 15) is 9.59 Å². The van der Waals surface area contributed by atoms with E-state index < -0.39 is 17.7 Å². The van der Waals surface area contributed by atoms with E-state index >= 15 is 0 Å². The second kappa shape index (κ2) is 7.72. The lowest BCUT2D eigenvalue weighted by Crippen LogP contribution is -2.48. The molecular weight excluding hydrogens is 338 g/mol. The van der Waals surface area contributed by atoms with Crippen LogP contribution in [0.3, 0.4) is 0 Å². The fourth-order valence-electron chi connectivity index (χ4n) is 2.75. The first-order valence-electron chi connectivity index (χ1n) is 8.86. The number of likely N-dealkylation sites (tertiary alicyclic amines) is 1. The predicted octanol–water partition coefficient (Wildman–Crippen LogP) is 4.02. The van der Waals surface area contributed by atoms with Gasteiger partial charge in [-0.2, -0.15) is 0 Å². The molecular formula is C18H29N3O3S. The van der Waals surface area contributed by atoms with Crippen LogP contribution in [0.4, 0.5) is 9.93 Å². The number of likely N-dealkylation sites (N-methyl/N-ethyl adjacent to an activating group) is 1. The number of thiazole rings is 1. The second-order valence-corrected chi connectivity index (χ2v) is 8.43. The van der Waals surface area contributed by atoms with Crippen molar-refractivity contribution in [2.24, 2.45) is 0 Å². The van der Waals surface area contributed by atoms with E-state index in [0.717, 1.165) is 18.5 Å². The van der Waals surface area contributed by atoms with Crippen LogP contribution in [0.5, 0.6) is 0 Å². The molecule has 2 heterocycles. The van der Waals surface area contributed by atoms with Crippen molar-refractivity contribution in [1.82, 2.24) is 9.88 Å². The Bertz CT molecular complexity index is 623. The first-order valence-corrected chi connectivity index (χ1v) is 9.74. The van der Waals surface area contributed by atoms with Crippen LogP contribution in [0.2, 0.25) is 0 Å². The van der Waals surface area contributed by atoms with E-state index in [-0.39, 0.29) is 5.91 Å². The molecule has 2 amide bonds. The summed E-state index contributed by atoms with van der Waals surface area (Å²) in [6.45, 7) is 10.3. The van der Waals surface area contributed by atoms with Crippen LogP contribution in [0, 0.1) is 0 Å². The molecule has 1 saturated heterocycles. The minimum Gasteiger partial charge on any atom is -0.444 e. The zero-order chi connectivity index (χ0) is 18.8. The van der Waals surface area contributed by atoms with Crippen molar-refractivity contribution in [2.45, 2.75) is 71.4 Å². The summed E-state index contributed by atoms with van der Waals surface area (Å²) in [7, 11) is 1.73. The number of anilines is 1. The topological polar surface area (TPSA) is 62.7 Å². The molecule has 2 unspecified atom stereocenters. The molecule has 1 aliphatic heterocycles. The van der Waals surface area contributed by atoms with Crippen LogP contribution in [0.25, 0.3) is 0 Å². The highest BCUT2D eigenvalue weighted by Crippen LogP contribution is 2.28. The highest BCUT2D eigenvalue weighted by Gasteiger charge is 2.38. The zero-order valence-corrected chi connectivity index (χ0v) is 16.9. The quantitative estimate of drug-likeness (QED) is 0.806. The number of amides is 2. The molecule has 0 spiro atoms. The van der Waals surface area contributed by atoms with Crippen molar-refractivity contribution >= 4 is 28.5 Å². The van der Waals surface area contributed by atoms with Crippen LogP contribution in [-0.2, 0) is 9.53 Å². The number of carbonyl (C=O) groups is 2. The molecule has 1 aromatic heterocycles. The average Bonchev–Trinajstić information content (AvgIpc) is 3.20. The van der Waals surface area contributed by atoms with E-state index in [1.807, 2.05) is 26.2 Å². The molecule has 0 bridgehead atoms. The average molecular weight is 368 g/mol. The van der Waals surface area contributed by atoms with Gasteiger partial charge in [0.25, 0.3) is 5.91 Å². The van der Waals surface area contributed by atoms with Gasteiger partial charge in [0.1, 0.15) is 11.6 Å². The minimum atomic E-state index is -0.570. The molecule has 1 fully saturated rings. The first kappa shape index (κ1) is 19.7. The maximum Gasteiger partial charge on any atom is 0.410 e. The molecule has 0 N–H and O–H groups in total. The summed E-state index contributed by atoms with van der Waals surface area (Å²) in [5, 5.41) is 2.68. The molecule has 1 aliphatic rings. The Morgan fingerprint density at radius 2 is 2.16 bits per heavy atom. The Hall–Kier alpha value is -1.63. The van der Waals surface area contributed by atoms with E-state index in [0.29, 0.717) is 24.0 Å². The van der Waals surface area contributed by atoms with Crippen LogP contribution < -0.4 is 4.90 Å². The normalized spacial score (nSPS) is 19.0. The Morgan fingerprint density at radius 1 is 1.48 bits per heavy atom. The van der Waals surface area contributed by atoms with Gasteiger partial charge in [0.15, 0.2) is 5.13 Å². The Labute approximate surface area is 154 Å². The molecule has 0 radical (unpaired) electrons. The third-order valence-electron chi connectivity index (χ3n) is 4.41. The molecule has 0 saturated carbocycles. The Kier molecular flexibility index (Phi) is 6.08. The van der Waals surface area contributed by atoms with Crippen molar-refractivity contribution in [1.29, 1.82) is 0 Å². The lowest BCUT2D eigenvalue weighted by molar-refractivity contribution is -0.122. The summed E-state index contributed by atoms with van der Waals surface area (Å²) in [6, 6.07) is -0.476. The fourth-order valence-corrected chi connectivity index (χ4v) is 3.66. The van der Waals surface area contributed by atoms with E-state index in [1.54, 1.807) is 16.8 Å². The summed E-state index contributed by atoms with van der Waals surface area (Å²) in [6.07, 6.45) is 2.05. The van der Waals surface area contributed by atoms with Gasteiger partial charge in [-0.3, -0.25) is 14.6 Å². The molecule has 1 aromatic rings. The number of ether oxygens (including phenoxy) is 1. The molecule has 7 heteroatoms. The number of nitrogens with zero attached hydrogens (tertiary/aromatic N) is 3. The van der Waals surface area contributed by atoms with Crippen molar-refractivity contribution in [3.63, 3.8) is 0 Å². The molecule has 0 aliphatic carbocycles. The molecule has 0 aromatic carbocycles. The summed E-state index contributed by atoms with van der Waals surface area (Å²) >= 11 is 1.47. The second-order valence-electron chi connectivity index (χ2n) is 7.59. The maximum atomic E-state index is 12.9. The van der Waals surface area contributed by atoms with Crippen molar-refractivity contribution < 1.29 is 14.3 Å². The van der Waals surface area contributed by atoms with Gasteiger partial charge in [0.2, 0.25) is 0 Å². The number of carbonyl (C=O) groups excluding carboxylic acids is 2.